The molecule has 2 aromatic carbocycles. The van der Waals surface area contributed by atoms with Crippen molar-refractivity contribution < 1.29 is 9.53 Å². The van der Waals surface area contributed by atoms with Crippen LogP contribution >= 0.6 is 23.5 Å². The van der Waals surface area contributed by atoms with Crippen LogP contribution in [-0.2, 0) is 4.79 Å². The number of benzene rings is 2. The number of hydrogen-bond donors (Lipinski definition) is 1. The van der Waals surface area contributed by atoms with Crippen molar-refractivity contribution in [2.75, 3.05) is 23.9 Å². The molecule has 0 bridgehead atoms. The molecule has 0 spiro atoms. The van der Waals surface area contributed by atoms with Crippen molar-refractivity contribution in [3.05, 3.63) is 60.9 Å². The lowest BCUT2D eigenvalue weighted by Crippen LogP contribution is -2.15. The number of nitriles is 1. The van der Waals surface area contributed by atoms with E-state index < -0.39 is 0 Å². The van der Waals surface area contributed by atoms with E-state index in [4.69, 9.17) is 10.00 Å². The number of ether oxygens (including phenoxy) is 1. The Kier molecular flexibility index (Phi) is 7.00. The van der Waals surface area contributed by atoms with Crippen molar-refractivity contribution in [3.63, 3.8) is 0 Å². The summed E-state index contributed by atoms with van der Waals surface area (Å²) in [6, 6.07) is 17.2. The van der Waals surface area contributed by atoms with E-state index in [2.05, 4.69) is 16.4 Å². The van der Waals surface area contributed by atoms with E-state index in [1.807, 2.05) is 59.3 Å². The van der Waals surface area contributed by atoms with Crippen LogP contribution in [-0.4, -0.2) is 34.1 Å². The van der Waals surface area contributed by atoms with E-state index in [0.717, 1.165) is 21.5 Å². The van der Waals surface area contributed by atoms with Gasteiger partial charge in [0.05, 0.1) is 36.1 Å². The molecule has 0 aliphatic heterocycles. The maximum Gasteiger partial charge on any atom is 0.234 e. The van der Waals surface area contributed by atoms with Crippen LogP contribution in [0.5, 0.6) is 5.75 Å². The number of amides is 1. The number of para-hydroxylation sites is 1. The van der Waals surface area contributed by atoms with Crippen LogP contribution in [0.4, 0.5) is 5.69 Å². The third-order valence-corrected chi connectivity index (χ3v) is 5.63. The summed E-state index contributed by atoms with van der Waals surface area (Å²) >= 11 is 2.75. The standard InChI is InChI=1S/C20H18N4O2S2/c1-26-16-6-4-5-15(13-16)24-11-10-22-20(24)28-14-19(25)23-17-7-2-3-8-18(17)27-12-9-21/h2-8,10-11,13H,12,14H2,1H3,(H,23,25). The second-order valence-electron chi connectivity index (χ2n) is 5.56. The zero-order valence-corrected chi connectivity index (χ0v) is 16.8. The molecule has 0 saturated heterocycles. The Morgan fingerprint density at radius 3 is 2.93 bits per heavy atom. The maximum atomic E-state index is 12.4. The molecule has 3 aromatic rings. The van der Waals surface area contributed by atoms with Gasteiger partial charge in [-0.15, -0.1) is 11.8 Å². The minimum atomic E-state index is -0.129. The van der Waals surface area contributed by atoms with Crippen molar-refractivity contribution in [3.8, 4) is 17.5 Å². The number of anilines is 1. The number of aromatic nitrogens is 2. The largest absolute Gasteiger partial charge is 0.497 e. The number of thioether (sulfide) groups is 2. The third-order valence-electron chi connectivity index (χ3n) is 3.72. The Labute approximate surface area is 171 Å². The summed E-state index contributed by atoms with van der Waals surface area (Å²) in [6.45, 7) is 0. The van der Waals surface area contributed by atoms with Crippen molar-refractivity contribution in [1.82, 2.24) is 9.55 Å². The Hall–Kier alpha value is -2.89. The molecule has 1 N–H and O–H groups in total. The molecule has 0 fully saturated rings. The molecule has 0 aliphatic rings. The van der Waals surface area contributed by atoms with E-state index >= 15 is 0 Å². The molecule has 0 unspecified atom stereocenters. The Morgan fingerprint density at radius 2 is 2.11 bits per heavy atom. The zero-order valence-electron chi connectivity index (χ0n) is 15.2. The van der Waals surface area contributed by atoms with Gasteiger partial charge in [0.25, 0.3) is 0 Å². The van der Waals surface area contributed by atoms with Gasteiger partial charge in [-0.1, -0.05) is 30.0 Å². The number of imidazole rings is 1. The fraction of sp³-hybridized carbons (Fsp3) is 0.150. The smallest absolute Gasteiger partial charge is 0.234 e. The molecule has 1 amide bonds. The molecule has 1 aromatic heterocycles. The summed E-state index contributed by atoms with van der Waals surface area (Å²) in [4.78, 5) is 17.6. The first kappa shape index (κ1) is 19.9. The summed E-state index contributed by atoms with van der Waals surface area (Å²) in [5, 5.41) is 12.4. The number of hydrogen-bond acceptors (Lipinski definition) is 6. The van der Waals surface area contributed by atoms with Gasteiger partial charge in [0.2, 0.25) is 5.91 Å². The minimum Gasteiger partial charge on any atom is -0.497 e. The molecule has 142 valence electrons. The fourth-order valence-corrected chi connectivity index (χ4v) is 3.92. The van der Waals surface area contributed by atoms with Crippen LogP contribution in [0.15, 0.2) is 71.0 Å². The van der Waals surface area contributed by atoms with Crippen LogP contribution in [0.3, 0.4) is 0 Å². The van der Waals surface area contributed by atoms with Gasteiger partial charge in [-0.2, -0.15) is 5.26 Å². The highest BCUT2D eigenvalue weighted by Crippen LogP contribution is 2.27. The number of methoxy groups -OCH3 is 1. The van der Waals surface area contributed by atoms with Gasteiger partial charge >= 0.3 is 0 Å². The topological polar surface area (TPSA) is 79.9 Å². The number of carbonyl (C=O) groups is 1. The second-order valence-corrected chi connectivity index (χ2v) is 7.52. The average molecular weight is 411 g/mol. The minimum absolute atomic E-state index is 0.129. The first-order valence-electron chi connectivity index (χ1n) is 8.40. The van der Waals surface area contributed by atoms with Crippen molar-refractivity contribution in [2.24, 2.45) is 0 Å². The monoisotopic (exact) mass is 410 g/mol. The third kappa shape index (κ3) is 5.09. The first-order chi connectivity index (χ1) is 13.7. The first-order valence-corrected chi connectivity index (χ1v) is 10.4. The van der Waals surface area contributed by atoms with Crippen molar-refractivity contribution in [1.29, 1.82) is 5.26 Å². The van der Waals surface area contributed by atoms with Gasteiger partial charge in [-0.3, -0.25) is 9.36 Å². The zero-order chi connectivity index (χ0) is 19.8. The van der Waals surface area contributed by atoms with E-state index in [9.17, 15) is 4.79 Å². The van der Waals surface area contributed by atoms with E-state index in [1.165, 1.54) is 23.5 Å². The fourth-order valence-electron chi connectivity index (χ4n) is 2.48. The van der Waals surface area contributed by atoms with Gasteiger partial charge in [-0.05, 0) is 24.3 Å². The molecule has 3 rings (SSSR count). The lowest BCUT2D eigenvalue weighted by Gasteiger charge is -2.11. The maximum absolute atomic E-state index is 12.4. The molecule has 0 saturated carbocycles. The molecule has 0 aliphatic carbocycles. The van der Waals surface area contributed by atoms with Crippen LogP contribution < -0.4 is 10.1 Å². The van der Waals surface area contributed by atoms with Gasteiger partial charge < -0.3 is 10.1 Å². The van der Waals surface area contributed by atoms with E-state index in [0.29, 0.717) is 11.4 Å². The van der Waals surface area contributed by atoms with Gasteiger partial charge in [0.15, 0.2) is 5.16 Å². The van der Waals surface area contributed by atoms with E-state index in [1.54, 1.807) is 13.3 Å². The highest BCUT2D eigenvalue weighted by Gasteiger charge is 2.11. The molecule has 0 radical (unpaired) electrons. The molecule has 1 heterocycles. The van der Waals surface area contributed by atoms with Gasteiger partial charge in [0.1, 0.15) is 5.75 Å². The van der Waals surface area contributed by atoms with Crippen molar-refractivity contribution in [2.45, 2.75) is 10.1 Å². The Bertz CT molecular complexity index is 998. The summed E-state index contributed by atoms with van der Waals surface area (Å²) in [7, 11) is 1.62. The second kappa shape index (κ2) is 9.88. The van der Waals surface area contributed by atoms with Crippen LogP contribution in [0, 0.1) is 11.3 Å². The lowest BCUT2D eigenvalue weighted by atomic mass is 10.3. The number of nitrogens with zero attached hydrogens (tertiary/aromatic N) is 3. The highest BCUT2D eigenvalue weighted by atomic mass is 32.2. The predicted molar refractivity (Wildman–Crippen MR) is 112 cm³/mol. The lowest BCUT2D eigenvalue weighted by molar-refractivity contribution is -0.113. The van der Waals surface area contributed by atoms with Crippen LogP contribution in [0.2, 0.25) is 0 Å². The number of carbonyl (C=O) groups excluding carboxylic acids is 1. The van der Waals surface area contributed by atoms with Crippen molar-refractivity contribution >= 4 is 35.1 Å². The summed E-state index contributed by atoms with van der Waals surface area (Å²) in [5.41, 5.74) is 1.63. The average Bonchev–Trinajstić information content (AvgIpc) is 3.20. The molecule has 6 nitrogen and oxygen atoms in total. The Morgan fingerprint density at radius 1 is 1.25 bits per heavy atom. The van der Waals surface area contributed by atoms with Gasteiger partial charge in [-0.25, -0.2) is 4.98 Å². The summed E-state index contributed by atoms with van der Waals surface area (Å²) in [5.74, 6) is 1.18. The molecule has 8 heteroatoms. The van der Waals surface area contributed by atoms with Crippen LogP contribution in [0.1, 0.15) is 0 Å². The summed E-state index contributed by atoms with van der Waals surface area (Å²) < 4.78 is 7.18. The number of rotatable bonds is 8. The molecular weight excluding hydrogens is 392 g/mol. The SMILES string of the molecule is COc1cccc(-n2ccnc2SCC(=O)Nc2ccccc2SCC#N)c1. The number of nitrogens with one attached hydrogen (secondary N) is 1. The van der Waals surface area contributed by atoms with E-state index in [-0.39, 0.29) is 11.7 Å². The predicted octanol–water partition coefficient (Wildman–Crippen LogP) is 4.23. The molecule has 0 atom stereocenters. The summed E-state index contributed by atoms with van der Waals surface area (Å²) in [6.07, 6.45) is 3.55. The quantitative estimate of drug-likeness (QED) is 0.560. The normalized spacial score (nSPS) is 10.3. The molecule has 28 heavy (non-hydrogen) atoms. The highest BCUT2D eigenvalue weighted by molar-refractivity contribution is 8.00. The van der Waals surface area contributed by atoms with Crippen LogP contribution in [0.25, 0.3) is 5.69 Å². The Balaban J connectivity index is 1.65. The van der Waals surface area contributed by atoms with Gasteiger partial charge in [0, 0.05) is 23.4 Å². The molecular formula is C20H18N4O2S2.